The zero-order chi connectivity index (χ0) is 22.6. The van der Waals surface area contributed by atoms with Gasteiger partial charge in [0.25, 0.3) is 5.91 Å². The predicted octanol–water partition coefficient (Wildman–Crippen LogP) is 4.09. The van der Waals surface area contributed by atoms with Crippen molar-refractivity contribution in [3.63, 3.8) is 0 Å². The average Bonchev–Trinajstić information content (AvgIpc) is 2.82. The Bertz CT molecular complexity index is 1210. The molecule has 32 heavy (non-hydrogen) atoms. The quantitative estimate of drug-likeness (QED) is 0.541. The number of sulfone groups is 1. The number of amides is 1. The van der Waals surface area contributed by atoms with Gasteiger partial charge in [-0.25, -0.2) is 8.42 Å². The Morgan fingerprint density at radius 1 is 0.938 bits per heavy atom. The van der Waals surface area contributed by atoms with Gasteiger partial charge in [0.15, 0.2) is 21.3 Å². The largest absolute Gasteiger partial charge is 0.486 e. The zero-order valence-corrected chi connectivity index (χ0v) is 18.7. The lowest BCUT2D eigenvalue weighted by atomic mass is 10.1. The fourth-order valence-corrected chi connectivity index (χ4v) is 5.06. The first-order chi connectivity index (χ1) is 15.5. The molecule has 1 amide bonds. The van der Waals surface area contributed by atoms with Crippen molar-refractivity contribution in [2.45, 2.75) is 24.1 Å². The topological polar surface area (TPSA) is 72.9 Å². The highest BCUT2D eigenvalue weighted by Crippen LogP contribution is 2.34. The second kappa shape index (κ2) is 9.44. The van der Waals surface area contributed by atoms with Crippen LogP contribution in [0.15, 0.2) is 77.7 Å². The summed E-state index contributed by atoms with van der Waals surface area (Å²) < 4.78 is 36.9. The molecule has 166 valence electrons. The highest BCUT2D eigenvalue weighted by atomic mass is 32.2. The van der Waals surface area contributed by atoms with Crippen molar-refractivity contribution in [2.75, 3.05) is 19.8 Å². The van der Waals surface area contributed by atoms with E-state index < -0.39 is 9.84 Å². The van der Waals surface area contributed by atoms with E-state index in [0.717, 1.165) is 5.56 Å². The summed E-state index contributed by atoms with van der Waals surface area (Å²) in [6, 6.07) is 20.8. The number of carbonyl (C=O) groups is 1. The molecule has 0 radical (unpaired) electrons. The summed E-state index contributed by atoms with van der Waals surface area (Å²) in [4.78, 5) is 15.2. The summed E-state index contributed by atoms with van der Waals surface area (Å²) in [5.74, 6) is 1.03. The van der Waals surface area contributed by atoms with Crippen LogP contribution in [-0.2, 0) is 22.1 Å². The van der Waals surface area contributed by atoms with Gasteiger partial charge in [0, 0.05) is 24.2 Å². The van der Waals surface area contributed by atoms with Gasteiger partial charge in [-0.2, -0.15) is 0 Å². The fraction of sp³-hybridized carbons (Fsp3) is 0.240. The molecule has 0 atom stereocenters. The Kier molecular flexibility index (Phi) is 6.46. The molecule has 0 N–H and O–H groups in total. The van der Waals surface area contributed by atoms with E-state index in [4.69, 9.17) is 9.47 Å². The molecule has 7 heteroatoms. The summed E-state index contributed by atoms with van der Waals surface area (Å²) >= 11 is 0. The summed E-state index contributed by atoms with van der Waals surface area (Å²) in [5, 5.41) is 0. The van der Waals surface area contributed by atoms with Gasteiger partial charge < -0.3 is 14.4 Å². The van der Waals surface area contributed by atoms with Crippen LogP contribution in [0, 0.1) is 0 Å². The molecule has 0 bridgehead atoms. The lowest BCUT2D eigenvalue weighted by molar-refractivity contribution is 0.0749. The van der Waals surface area contributed by atoms with Crippen LogP contribution in [0.5, 0.6) is 11.5 Å². The molecule has 3 aromatic rings. The Morgan fingerprint density at radius 2 is 1.69 bits per heavy atom. The maximum atomic E-state index is 13.2. The van der Waals surface area contributed by atoms with Crippen molar-refractivity contribution in [1.29, 1.82) is 0 Å². The van der Waals surface area contributed by atoms with Crippen LogP contribution in [0.1, 0.15) is 28.4 Å². The molecule has 1 heterocycles. The van der Waals surface area contributed by atoms with Gasteiger partial charge in [0.1, 0.15) is 13.2 Å². The predicted molar refractivity (Wildman–Crippen MR) is 122 cm³/mol. The number of hydrogen-bond acceptors (Lipinski definition) is 5. The van der Waals surface area contributed by atoms with Crippen LogP contribution in [0.2, 0.25) is 0 Å². The molecule has 4 rings (SSSR count). The van der Waals surface area contributed by atoms with Gasteiger partial charge in [-0.1, -0.05) is 42.5 Å². The Balaban J connectivity index is 1.54. The van der Waals surface area contributed by atoms with E-state index in [1.54, 1.807) is 59.5 Å². The summed E-state index contributed by atoms with van der Waals surface area (Å²) in [7, 11) is -3.50. The summed E-state index contributed by atoms with van der Waals surface area (Å²) in [6.45, 7) is 3.76. The van der Waals surface area contributed by atoms with Crippen molar-refractivity contribution < 1.29 is 22.7 Å². The number of rotatable bonds is 7. The van der Waals surface area contributed by atoms with Crippen molar-refractivity contribution in [3.8, 4) is 11.5 Å². The minimum absolute atomic E-state index is 0.165. The molecular weight excluding hydrogens is 426 g/mol. The Morgan fingerprint density at radius 3 is 2.47 bits per heavy atom. The van der Waals surface area contributed by atoms with E-state index in [2.05, 4.69) is 0 Å². The van der Waals surface area contributed by atoms with E-state index in [1.165, 1.54) is 0 Å². The third-order valence-electron chi connectivity index (χ3n) is 5.31. The third kappa shape index (κ3) is 4.78. The van der Waals surface area contributed by atoms with Gasteiger partial charge >= 0.3 is 0 Å². The molecule has 0 aromatic heterocycles. The number of ether oxygens (including phenoxy) is 2. The molecule has 6 nitrogen and oxygen atoms in total. The standard InChI is InChI=1S/C25H25NO5S/c1-2-26(17-21-10-7-13-23-24(21)31-15-14-30-23)25(27)20-9-6-8-19(16-20)18-32(28,29)22-11-4-3-5-12-22/h3-13,16H,2,14-15,17-18H2,1H3. The van der Waals surface area contributed by atoms with Crippen LogP contribution in [-0.4, -0.2) is 39.0 Å². The van der Waals surface area contributed by atoms with Gasteiger partial charge in [-0.3, -0.25) is 4.79 Å². The highest BCUT2D eigenvalue weighted by Gasteiger charge is 2.21. The molecule has 0 saturated heterocycles. The molecule has 1 aliphatic rings. The van der Waals surface area contributed by atoms with Crippen molar-refractivity contribution in [2.24, 2.45) is 0 Å². The van der Waals surface area contributed by atoms with E-state index in [0.29, 0.717) is 48.9 Å². The summed E-state index contributed by atoms with van der Waals surface area (Å²) in [5.41, 5.74) is 1.90. The highest BCUT2D eigenvalue weighted by molar-refractivity contribution is 7.90. The number of para-hydroxylation sites is 1. The lowest BCUT2D eigenvalue weighted by Gasteiger charge is -2.25. The number of nitrogens with zero attached hydrogens (tertiary/aromatic N) is 1. The number of carbonyl (C=O) groups excluding carboxylic acids is 1. The smallest absolute Gasteiger partial charge is 0.254 e. The van der Waals surface area contributed by atoms with E-state index >= 15 is 0 Å². The molecule has 0 saturated carbocycles. The SMILES string of the molecule is CCN(Cc1cccc2c1OCCO2)C(=O)c1cccc(CS(=O)(=O)c2ccccc2)c1. The first-order valence-corrected chi connectivity index (χ1v) is 12.2. The molecule has 1 aliphatic heterocycles. The van der Waals surface area contributed by atoms with Crippen LogP contribution in [0.25, 0.3) is 0 Å². The first kappa shape index (κ1) is 21.9. The summed E-state index contributed by atoms with van der Waals surface area (Å²) in [6.07, 6.45) is 0. The number of fused-ring (bicyclic) bond motifs is 1. The molecule has 0 spiro atoms. The molecule has 0 fully saturated rings. The normalized spacial score (nSPS) is 12.9. The van der Waals surface area contributed by atoms with E-state index in [9.17, 15) is 13.2 Å². The zero-order valence-electron chi connectivity index (χ0n) is 17.9. The molecule has 3 aromatic carbocycles. The lowest BCUT2D eigenvalue weighted by Crippen LogP contribution is -2.31. The van der Waals surface area contributed by atoms with Crippen molar-refractivity contribution in [1.82, 2.24) is 4.90 Å². The fourth-order valence-electron chi connectivity index (χ4n) is 3.70. The minimum Gasteiger partial charge on any atom is -0.486 e. The van der Waals surface area contributed by atoms with Crippen molar-refractivity contribution >= 4 is 15.7 Å². The third-order valence-corrected chi connectivity index (χ3v) is 7.01. The number of hydrogen-bond donors (Lipinski definition) is 0. The van der Waals surface area contributed by atoms with Gasteiger partial charge in [0.05, 0.1) is 10.6 Å². The maximum Gasteiger partial charge on any atom is 0.254 e. The second-order valence-electron chi connectivity index (χ2n) is 7.53. The Hall–Kier alpha value is -3.32. The molecular formula is C25H25NO5S. The molecule has 0 unspecified atom stereocenters. The second-order valence-corrected chi connectivity index (χ2v) is 9.52. The monoisotopic (exact) mass is 451 g/mol. The minimum atomic E-state index is -3.50. The van der Waals surface area contributed by atoms with Crippen LogP contribution < -0.4 is 9.47 Å². The average molecular weight is 452 g/mol. The number of benzene rings is 3. The van der Waals surface area contributed by atoms with Crippen LogP contribution in [0.3, 0.4) is 0 Å². The first-order valence-electron chi connectivity index (χ1n) is 10.5. The van der Waals surface area contributed by atoms with Gasteiger partial charge in [0.2, 0.25) is 0 Å². The van der Waals surface area contributed by atoms with Crippen LogP contribution in [0.4, 0.5) is 0 Å². The Labute approximate surface area is 188 Å². The van der Waals surface area contributed by atoms with Gasteiger partial charge in [-0.15, -0.1) is 0 Å². The van der Waals surface area contributed by atoms with Crippen LogP contribution >= 0.6 is 0 Å². The van der Waals surface area contributed by atoms with Crippen molar-refractivity contribution in [3.05, 3.63) is 89.5 Å². The van der Waals surface area contributed by atoms with E-state index in [1.807, 2.05) is 25.1 Å². The maximum absolute atomic E-state index is 13.2. The van der Waals surface area contributed by atoms with E-state index in [-0.39, 0.29) is 16.6 Å². The van der Waals surface area contributed by atoms with Gasteiger partial charge in [-0.05, 0) is 42.8 Å². The molecule has 0 aliphatic carbocycles.